The molecular formula is C9H16O6. The predicted octanol–water partition coefficient (Wildman–Crippen LogP) is -1.42. The van der Waals surface area contributed by atoms with Gasteiger partial charge in [-0.2, -0.15) is 0 Å². The van der Waals surface area contributed by atoms with E-state index in [2.05, 4.69) is 0 Å². The summed E-state index contributed by atoms with van der Waals surface area (Å²) in [6, 6.07) is 0. The molecule has 2 heterocycles. The Bertz CT molecular complexity index is 255. The Labute approximate surface area is 87.4 Å². The molecule has 0 aliphatic carbocycles. The molecule has 0 amide bonds. The van der Waals surface area contributed by atoms with E-state index in [0.29, 0.717) is 0 Å². The molecule has 0 spiro atoms. The Morgan fingerprint density at radius 3 is 2.60 bits per heavy atom. The lowest BCUT2D eigenvalue weighted by atomic mass is 9.98. The molecule has 0 radical (unpaired) electrons. The number of hydrogen-bond acceptors (Lipinski definition) is 6. The highest BCUT2D eigenvalue weighted by Crippen LogP contribution is 2.37. The molecule has 15 heavy (non-hydrogen) atoms. The standard InChI is InChI=1S/C9H16O6/c1-8(2)14-5-3-13-9(12,4-10)7(11)6(5)15-8/h5-7,10-12H,3-4H2,1-2H3/t5-,6-,7+,9+/m1/s1. The zero-order chi connectivity index (χ0) is 11.3. The molecule has 0 saturated carbocycles. The van der Waals surface area contributed by atoms with Crippen LogP contribution < -0.4 is 0 Å². The van der Waals surface area contributed by atoms with Crippen LogP contribution in [0.15, 0.2) is 0 Å². The molecule has 2 fully saturated rings. The fraction of sp³-hybridized carbons (Fsp3) is 1.00. The van der Waals surface area contributed by atoms with Gasteiger partial charge in [-0.05, 0) is 13.8 Å². The molecule has 6 nitrogen and oxygen atoms in total. The highest BCUT2D eigenvalue weighted by atomic mass is 16.8. The second-order valence-corrected chi connectivity index (χ2v) is 4.40. The van der Waals surface area contributed by atoms with E-state index in [0.717, 1.165) is 0 Å². The molecule has 88 valence electrons. The van der Waals surface area contributed by atoms with Gasteiger partial charge in [0.1, 0.15) is 18.3 Å². The van der Waals surface area contributed by atoms with E-state index in [1.54, 1.807) is 13.8 Å². The molecule has 2 aliphatic heterocycles. The zero-order valence-electron chi connectivity index (χ0n) is 8.71. The van der Waals surface area contributed by atoms with Crippen LogP contribution in [-0.4, -0.2) is 58.4 Å². The number of hydrogen-bond donors (Lipinski definition) is 3. The van der Waals surface area contributed by atoms with Crippen molar-refractivity contribution in [3.8, 4) is 0 Å². The average Bonchev–Trinajstić information content (AvgIpc) is 2.48. The van der Waals surface area contributed by atoms with Crippen molar-refractivity contribution in [2.75, 3.05) is 13.2 Å². The summed E-state index contributed by atoms with van der Waals surface area (Å²) in [5.41, 5.74) is 0. The number of aliphatic hydroxyl groups is 3. The lowest BCUT2D eigenvalue weighted by Gasteiger charge is -2.39. The summed E-state index contributed by atoms with van der Waals surface area (Å²) in [4.78, 5) is 0. The maximum Gasteiger partial charge on any atom is 0.218 e. The first-order valence-electron chi connectivity index (χ1n) is 4.89. The highest BCUT2D eigenvalue weighted by molar-refractivity contribution is 4.97. The van der Waals surface area contributed by atoms with E-state index < -0.39 is 36.5 Å². The molecule has 2 aliphatic rings. The van der Waals surface area contributed by atoms with Crippen LogP contribution in [0.25, 0.3) is 0 Å². The fourth-order valence-electron chi connectivity index (χ4n) is 1.97. The Balaban J connectivity index is 2.16. The Morgan fingerprint density at radius 2 is 2.00 bits per heavy atom. The molecule has 0 unspecified atom stereocenters. The molecule has 0 aromatic rings. The van der Waals surface area contributed by atoms with E-state index >= 15 is 0 Å². The second kappa shape index (κ2) is 3.38. The number of ether oxygens (including phenoxy) is 3. The summed E-state index contributed by atoms with van der Waals surface area (Å²) in [7, 11) is 0. The van der Waals surface area contributed by atoms with Crippen LogP contribution in [0.4, 0.5) is 0 Å². The monoisotopic (exact) mass is 220 g/mol. The molecule has 2 rings (SSSR count). The summed E-state index contributed by atoms with van der Waals surface area (Å²) in [6.07, 6.45) is -2.41. The van der Waals surface area contributed by atoms with Crippen LogP contribution >= 0.6 is 0 Å². The lowest BCUT2D eigenvalue weighted by Crippen LogP contribution is -2.61. The lowest BCUT2D eigenvalue weighted by molar-refractivity contribution is -0.318. The van der Waals surface area contributed by atoms with Crippen molar-refractivity contribution >= 4 is 0 Å². The van der Waals surface area contributed by atoms with E-state index in [-0.39, 0.29) is 6.61 Å². The van der Waals surface area contributed by atoms with E-state index in [1.165, 1.54) is 0 Å². The van der Waals surface area contributed by atoms with E-state index in [1.807, 2.05) is 0 Å². The fourth-order valence-corrected chi connectivity index (χ4v) is 1.97. The van der Waals surface area contributed by atoms with Crippen molar-refractivity contribution in [1.29, 1.82) is 0 Å². The smallest absolute Gasteiger partial charge is 0.218 e. The first-order valence-corrected chi connectivity index (χ1v) is 4.89. The summed E-state index contributed by atoms with van der Waals surface area (Å²) in [5, 5.41) is 28.4. The number of aliphatic hydroxyl groups excluding tert-OH is 2. The van der Waals surface area contributed by atoms with Gasteiger partial charge in [0.25, 0.3) is 0 Å². The van der Waals surface area contributed by atoms with Crippen LogP contribution in [0.5, 0.6) is 0 Å². The molecule has 4 atom stereocenters. The summed E-state index contributed by atoms with van der Waals surface area (Å²) in [6.45, 7) is 2.84. The van der Waals surface area contributed by atoms with Gasteiger partial charge < -0.3 is 29.5 Å². The van der Waals surface area contributed by atoms with Gasteiger partial charge >= 0.3 is 0 Å². The summed E-state index contributed by atoms with van der Waals surface area (Å²) < 4.78 is 15.9. The van der Waals surface area contributed by atoms with Gasteiger partial charge in [-0.15, -0.1) is 0 Å². The minimum absolute atomic E-state index is 0.0855. The minimum atomic E-state index is -1.95. The molecule has 0 aromatic heterocycles. The second-order valence-electron chi connectivity index (χ2n) is 4.40. The van der Waals surface area contributed by atoms with Crippen LogP contribution in [0.2, 0.25) is 0 Å². The third kappa shape index (κ3) is 1.77. The third-order valence-electron chi connectivity index (χ3n) is 2.72. The van der Waals surface area contributed by atoms with Crippen molar-refractivity contribution in [3.05, 3.63) is 0 Å². The summed E-state index contributed by atoms with van der Waals surface area (Å²) >= 11 is 0. The van der Waals surface area contributed by atoms with E-state index in [4.69, 9.17) is 19.3 Å². The molecule has 0 aromatic carbocycles. The third-order valence-corrected chi connectivity index (χ3v) is 2.72. The van der Waals surface area contributed by atoms with Crippen LogP contribution in [0, 0.1) is 0 Å². The highest BCUT2D eigenvalue weighted by Gasteiger charge is 2.56. The van der Waals surface area contributed by atoms with Gasteiger partial charge in [0.2, 0.25) is 5.79 Å². The van der Waals surface area contributed by atoms with Gasteiger partial charge in [-0.3, -0.25) is 0 Å². The van der Waals surface area contributed by atoms with Gasteiger partial charge in [-0.1, -0.05) is 0 Å². The Kier molecular flexibility index (Phi) is 2.53. The average molecular weight is 220 g/mol. The maximum atomic E-state index is 9.79. The molecule has 0 bridgehead atoms. The minimum Gasteiger partial charge on any atom is -0.391 e. The normalized spacial score (nSPS) is 49.0. The SMILES string of the molecule is CC1(C)O[C@@H]2[C@@H](CO[C@@](O)(CO)[C@H]2O)O1. The molecule has 6 heteroatoms. The predicted molar refractivity (Wildman–Crippen MR) is 47.8 cm³/mol. The number of fused-ring (bicyclic) bond motifs is 1. The summed E-state index contributed by atoms with van der Waals surface area (Å²) in [5.74, 6) is -2.76. The first-order chi connectivity index (χ1) is 6.88. The number of rotatable bonds is 1. The first kappa shape index (κ1) is 11.3. The Morgan fingerprint density at radius 1 is 1.33 bits per heavy atom. The van der Waals surface area contributed by atoms with Crippen LogP contribution in [0.1, 0.15) is 13.8 Å². The van der Waals surface area contributed by atoms with Gasteiger partial charge in [-0.25, -0.2) is 0 Å². The van der Waals surface area contributed by atoms with E-state index in [9.17, 15) is 10.2 Å². The van der Waals surface area contributed by atoms with Crippen LogP contribution in [-0.2, 0) is 14.2 Å². The van der Waals surface area contributed by atoms with Crippen LogP contribution in [0.3, 0.4) is 0 Å². The van der Waals surface area contributed by atoms with Crippen molar-refractivity contribution < 1.29 is 29.5 Å². The zero-order valence-corrected chi connectivity index (χ0v) is 8.71. The van der Waals surface area contributed by atoms with Gasteiger partial charge in [0.15, 0.2) is 5.79 Å². The molecule has 2 saturated heterocycles. The van der Waals surface area contributed by atoms with Crippen molar-refractivity contribution in [2.24, 2.45) is 0 Å². The van der Waals surface area contributed by atoms with Crippen molar-refractivity contribution in [3.63, 3.8) is 0 Å². The van der Waals surface area contributed by atoms with Gasteiger partial charge in [0, 0.05) is 0 Å². The molecule has 3 N–H and O–H groups in total. The van der Waals surface area contributed by atoms with Crippen molar-refractivity contribution in [2.45, 2.75) is 43.7 Å². The Hall–Kier alpha value is -0.240. The van der Waals surface area contributed by atoms with Crippen molar-refractivity contribution in [1.82, 2.24) is 0 Å². The topological polar surface area (TPSA) is 88.4 Å². The largest absolute Gasteiger partial charge is 0.391 e. The quantitative estimate of drug-likeness (QED) is 0.502. The molecular weight excluding hydrogens is 204 g/mol. The van der Waals surface area contributed by atoms with Gasteiger partial charge in [0.05, 0.1) is 13.2 Å². The maximum absolute atomic E-state index is 9.79.